The highest BCUT2D eigenvalue weighted by Gasteiger charge is 2.53. The summed E-state index contributed by atoms with van der Waals surface area (Å²) in [5, 5.41) is 4.52. The molecule has 1 saturated heterocycles. The number of benzene rings is 3. The molecule has 0 N–H and O–H groups in total. The maximum Gasteiger partial charge on any atom is 0.138 e. The van der Waals surface area contributed by atoms with Crippen LogP contribution in [0.3, 0.4) is 0 Å². The molecule has 0 saturated carbocycles. The first-order valence-electron chi connectivity index (χ1n) is 8.67. The maximum atomic E-state index is 2.35. The van der Waals surface area contributed by atoms with Crippen molar-refractivity contribution in [3.05, 3.63) is 91.0 Å². The van der Waals surface area contributed by atoms with Gasteiger partial charge >= 0.3 is 0 Å². The summed E-state index contributed by atoms with van der Waals surface area (Å²) in [6.07, 6.45) is 0. The molecule has 1 heterocycles. The van der Waals surface area contributed by atoms with Gasteiger partial charge < -0.3 is 0 Å². The SMILES string of the molecule is c1ccc([P+](c2ccccc2)(c2ccccc2)C2CSCCS2)cc1. The summed E-state index contributed by atoms with van der Waals surface area (Å²) in [6.45, 7) is 0. The molecule has 3 aromatic rings. The molecular formula is C22H22PS2+. The molecule has 0 radical (unpaired) electrons. The molecule has 1 atom stereocenters. The van der Waals surface area contributed by atoms with E-state index in [0.717, 1.165) is 0 Å². The third-order valence-electron chi connectivity index (χ3n) is 4.72. The Morgan fingerprint density at radius 1 is 0.600 bits per heavy atom. The lowest BCUT2D eigenvalue weighted by atomic mass is 10.4. The second kappa shape index (κ2) is 7.99. The van der Waals surface area contributed by atoms with Crippen LogP contribution in [0.4, 0.5) is 0 Å². The Balaban J connectivity index is 2.01. The summed E-state index contributed by atoms with van der Waals surface area (Å²) < 4.78 is 0. The van der Waals surface area contributed by atoms with Crippen molar-refractivity contribution in [1.82, 2.24) is 0 Å². The van der Waals surface area contributed by atoms with Crippen LogP contribution in [0.15, 0.2) is 91.0 Å². The van der Waals surface area contributed by atoms with Gasteiger partial charge in [0.1, 0.15) is 28.2 Å². The van der Waals surface area contributed by atoms with E-state index in [4.69, 9.17) is 0 Å². The van der Waals surface area contributed by atoms with Crippen molar-refractivity contribution in [2.75, 3.05) is 17.3 Å². The van der Waals surface area contributed by atoms with Crippen LogP contribution in [0, 0.1) is 0 Å². The predicted molar refractivity (Wildman–Crippen MR) is 119 cm³/mol. The van der Waals surface area contributed by atoms with Crippen molar-refractivity contribution in [2.24, 2.45) is 0 Å². The van der Waals surface area contributed by atoms with Crippen LogP contribution in [-0.4, -0.2) is 22.2 Å². The lowest BCUT2D eigenvalue weighted by Gasteiger charge is -2.35. The van der Waals surface area contributed by atoms with E-state index in [1.165, 1.54) is 33.2 Å². The summed E-state index contributed by atoms with van der Waals surface area (Å²) in [7, 11) is -1.69. The Morgan fingerprint density at radius 3 is 1.40 bits per heavy atom. The number of thioether (sulfide) groups is 2. The zero-order valence-corrected chi connectivity index (χ0v) is 16.7. The lowest BCUT2D eigenvalue weighted by Crippen LogP contribution is -2.39. The van der Waals surface area contributed by atoms with Crippen molar-refractivity contribution < 1.29 is 0 Å². The van der Waals surface area contributed by atoms with Gasteiger partial charge in [0, 0.05) is 17.3 Å². The third kappa shape index (κ3) is 3.28. The van der Waals surface area contributed by atoms with Gasteiger partial charge in [-0.1, -0.05) is 54.6 Å². The van der Waals surface area contributed by atoms with Crippen molar-refractivity contribution in [1.29, 1.82) is 0 Å². The summed E-state index contributed by atoms with van der Waals surface area (Å²) >= 11 is 4.30. The minimum Gasteiger partial charge on any atom is -0.156 e. The molecule has 0 bridgehead atoms. The highest BCUT2D eigenvalue weighted by atomic mass is 32.2. The molecular weight excluding hydrogens is 359 g/mol. The molecule has 25 heavy (non-hydrogen) atoms. The molecule has 1 aliphatic heterocycles. The van der Waals surface area contributed by atoms with E-state index in [9.17, 15) is 0 Å². The van der Waals surface area contributed by atoms with Gasteiger partial charge in [0.15, 0.2) is 0 Å². The van der Waals surface area contributed by atoms with Gasteiger partial charge in [-0.05, 0) is 36.4 Å². The third-order valence-corrected chi connectivity index (χ3v) is 13.3. The fourth-order valence-corrected chi connectivity index (χ4v) is 13.1. The van der Waals surface area contributed by atoms with E-state index < -0.39 is 7.26 Å². The highest BCUT2D eigenvalue weighted by Crippen LogP contribution is 2.64. The van der Waals surface area contributed by atoms with Crippen LogP contribution >= 0.6 is 30.8 Å². The van der Waals surface area contributed by atoms with Crippen LogP contribution in [0.2, 0.25) is 0 Å². The fraction of sp³-hybridized carbons (Fsp3) is 0.182. The van der Waals surface area contributed by atoms with Crippen molar-refractivity contribution in [3.8, 4) is 0 Å². The van der Waals surface area contributed by atoms with Gasteiger partial charge in [0.25, 0.3) is 0 Å². The summed E-state index contributed by atoms with van der Waals surface area (Å²) in [5.41, 5.74) is 0. The molecule has 0 aliphatic carbocycles. The average molecular weight is 382 g/mol. The molecule has 126 valence electrons. The number of hydrogen-bond acceptors (Lipinski definition) is 2. The Kier molecular flexibility index (Phi) is 5.51. The largest absolute Gasteiger partial charge is 0.156 e. The number of hydrogen-bond donors (Lipinski definition) is 0. The van der Waals surface area contributed by atoms with E-state index in [2.05, 4.69) is 115 Å². The lowest BCUT2D eigenvalue weighted by molar-refractivity contribution is 1.34. The van der Waals surface area contributed by atoms with Gasteiger partial charge in [-0.2, -0.15) is 11.8 Å². The van der Waals surface area contributed by atoms with Crippen molar-refractivity contribution >= 4 is 46.7 Å². The Bertz CT molecular complexity index is 687. The van der Waals surface area contributed by atoms with E-state index in [0.29, 0.717) is 4.99 Å². The first kappa shape index (κ1) is 17.2. The minimum absolute atomic E-state index is 0.637. The van der Waals surface area contributed by atoms with E-state index in [1.807, 2.05) is 0 Å². The summed E-state index contributed by atoms with van der Waals surface area (Å²) in [6, 6.07) is 33.8. The summed E-state index contributed by atoms with van der Waals surface area (Å²) in [5.74, 6) is 3.76. The zero-order valence-electron chi connectivity index (χ0n) is 14.1. The zero-order chi connectivity index (χ0) is 17.0. The molecule has 1 unspecified atom stereocenters. The molecule has 0 aromatic heterocycles. The van der Waals surface area contributed by atoms with E-state index in [-0.39, 0.29) is 0 Å². The maximum absolute atomic E-state index is 2.35. The number of rotatable bonds is 4. The first-order chi connectivity index (χ1) is 12.4. The van der Waals surface area contributed by atoms with Gasteiger partial charge in [0.2, 0.25) is 0 Å². The van der Waals surface area contributed by atoms with Crippen LogP contribution < -0.4 is 15.9 Å². The van der Waals surface area contributed by atoms with Crippen LogP contribution in [0.25, 0.3) is 0 Å². The van der Waals surface area contributed by atoms with Crippen molar-refractivity contribution in [3.63, 3.8) is 0 Å². The predicted octanol–water partition coefficient (Wildman–Crippen LogP) is 4.79. The molecule has 0 amide bonds. The second-order valence-corrected chi connectivity index (χ2v) is 12.6. The van der Waals surface area contributed by atoms with Gasteiger partial charge in [0.05, 0.1) is 0 Å². The Morgan fingerprint density at radius 2 is 1.04 bits per heavy atom. The van der Waals surface area contributed by atoms with Crippen LogP contribution in [0.5, 0.6) is 0 Å². The van der Waals surface area contributed by atoms with Gasteiger partial charge in [-0.3, -0.25) is 0 Å². The second-order valence-electron chi connectivity index (χ2n) is 6.13. The summed E-state index contributed by atoms with van der Waals surface area (Å²) in [4.78, 5) is 0.637. The van der Waals surface area contributed by atoms with E-state index in [1.54, 1.807) is 0 Å². The van der Waals surface area contributed by atoms with Gasteiger partial charge in [-0.15, -0.1) is 11.8 Å². The highest BCUT2D eigenvalue weighted by molar-refractivity contribution is 8.17. The quantitative estimate of drug-likeness (QED) is 0.596. The topological polar surface area (TPSA) is 0 Å². The Labute approximate surface area is 159 Å². The molecule has 0 nitrogen and oxygen atoms in total. The fourth-order valence-electron chi connectivity index (χ4n) is 3.63. The van der Waals surface area contributed by atoms with Crippen LogP contribution in [0.1, 0.15) is 0 Å². The molecule has 1 fully saturated rings. The normalized spacial score (nSPS) is 18.0. The molecule has 3 heteroatoms. The Hall–Kier alpha value is -1.21. The smallest absolute Gasteiger partial charge is 0.138 e. The average Bonchev–Trinajstić information content (AvgIpc) is 2.72. The standard InChI is InChI=1S/C22H22PS2/c1-4-10-19(11-5-1)23(20-12-6-2-7-13-20,21-14-8-3-9-15-21)22-18-24-16-17-25-22/h1-15,22H,16-18H2/q+1. The monoisotopic (exact) mass is 381 g/mol. The first-order valence-corrected chi connectivity index (χ1v) is 12.7. The molecule has 0 spiro atoms. The van der Waals surface area contributed by atoms with Crippen molar-refractivity contribution in [2.45, 2.75) is 4.99 Å². The van der Waals surface area contributed by atoms with Crippen LogP contribution in [-0.2, 0) is 0 Å². The van der Waals surface area contributed by atoms with Gasteiger partial charge in [-0.25, -0.2) is 0 Å². The molecule has 3 aromatic carbocycles. The molecule has 4 rings (SSSR count). The van der Waals surface area contributed by atoms with E-state index >= 15 is 0 Å². The minimum atomic E-state index is -1.69. The molecule has 1 aliphatic rings.